The van der Waals surface area contributed by atoms with Crippen LogP contribution in [-0.2, 0) is 16.1 Å². The standard InChI is InChI=1S/C13H17NO3/c1-16-12-7-8-14(9-12)13(15)17-10-11-5-3-2-4-6-11/h2-6,12H,7-10H2,1H3/t12-/m0/s1. The Bertz CT molecular complexity index is 366. The molecule has 1 aromatic rings. The number of carbonyl (C=O) groups is 1. The highest BCUT2D eigenvalue weighted by atomic mass is 16.6. The van der Waals surface area contributed by atoms with Crippen molar-refractivity contribution in [3.8, 4) is 0 Å². The maximum absolute atomic E-state index is 11.7. The Morgan fingerprint density at radius 3 is 2.82 bits per heavy atom. The fraction of sp³-hybridized carbons (Fsp3) is 0.462. The Morgan fingerprint density at radius 2 is 2.18 bits per heavy atom. The lowest BCUT2D eigenvalue weighted by atomic mass is 10.2. The molecule has 1 atom stereocenters. The molecule has 4 nitrogen and oxygen atoms in total. The minimum atomic E-state index is -0.256. The molecule has 4 heteroatoms. The summed E-state index contributed by atoms with van der Waals surface area (Å²) in [6, 6.07) is 9.68. The van der Waals surface area contributed by atoms with E-state index in [-0.39, 0.29) is 12.2 Å². The number of likely N-dealkylation sites (tertiary alicyclic amines) is 1. The monoisotopic (exact) mass is 235 g/mol. The zero-order chi connectivity index (χ0) is 12.1. The first-order chi connectivity index (χ1) is 8.29. The number of ether oxygens (including phenoxy) is 2. The van der Waals surface area contributed by atoms with Crippen molar-refractivity contribution >= 4 is 6.09 Å². The van der Waals surface area contributed by atoms with Crippen LogP contribution < -0.4 is 0 Å². The zero-order valence-electron chi connectivity index (χ0n) is 9.96. The number of rotatable bonds is 3. The van der Waals surface area contributed by atoms with Gasteiger partial charge in [0.15, 0.2) is 0 Å². The van der Waals surface area contributed by atoms with Gasteiger partial charge >= 0.3 is 6.09 Å². The van der Waals surface area contributed by atoms with Gasteiger partial charge in [0.05, 0.1) is 12.6 Å². The van der Waals surface area contributed by atoms with Gasteiger partial charge in [-0.1, -0.05) is 30.3 Å². The summed E-state index contributed by atoms with van der Waals surface area (Å²) in [4.78, 5) is 13.4. The SMILES string of the molecule is CO[C@H]1CCN(C(=O)OCc2ccccc2)C1. The van der Waals surface area contributed by atoms with Crippen LogP contribution in [0.4, 0.5) is 4.79 Å². The van der Waals surface area contributed by atoms with Gasteiger partial charge in [0, 0.05) is 13.7 Å². The van der Waals surface area contributed by atoms with Crippen molar-refractivity contribution in [1.29, 1.82) is 0 Å². The van der Waals surface area contributed by atoms with Gasteiger partial charge in [0.2, 0.25) is 0 Å². The minimum Gasteiger partial charge on any atom is -0.445 e. The number of amides is 1. The maximum Gasteiger partial charge on any atom is 0.410 e. The van der Waals surface area contributed by atoms with Crippen LogP contribution in [0, 0.1) is 0 Å². The summed E-state index contributed by atoms with van der Waals surface area (Å²) >= 11 is 0. The smallest absolute Gasteiger partial charge is 0.410 e. The van der Waals surface area contributed by atoms with Gasteiger partial charge in [-0.3, -0.25) is 0 Å². The van der Waals surface area contributed by atoms with Crippen molar-refractivity contribution in [3.63, 3.8) is 0 Å². The molecule has 1 aromatic carbocycles. The molecule has 1 saturated heterocycles. The molecule has 0 saturated carbocycles. The van der Waals surface area contributed by atoms with Gasteiger partial charge in [-0.2, -0.15) is 0 Å². The van der Waals surface area contributed by atoms with Crippen molar-refractivity contribution < 1.29 is 14.3 Å². The minimum absolute atomic E-state index is 0.152. The van der Waals surface area contributed by atoms with Crippen LogP contribution in [0.2, 0.25) is 0 Å². The van der Waals surface area contributed by atoms with E-state index in [0.717, 1.165) is 12.0 Å². The Hall–Kier alpha value is -1.55. The second-order valence-corrected chi connectivity index (χ2v) is 4.13. The van der Waals surface area contributed by atoms with Crippen LogP contribution in [0.5, 0.6) is 0 Å². The number of methoxy groups -OCH3 is 1. The molecule has 0 bridgehead atoms. The number of nitrogens with zero attached hydrogens (tertiary/aromatic N) is 1. The van der Waals surface area contributed by atoms with Gasteiger partial charge < -0.3 is 14.4 Å². The molecule has 0 N–H and O–H groups in total. The summed E-state index contributed by atoms with van der Waals surface area (Å²) in [6.45, 7) is 1.67. The second kappa shape index (κ2) is 5.68. The van der Waals surface area contributed by atoms with Crippen molar-refractivity contribution in [3.05, 3.63) is 35.9 Å². The predicted molar refractivity (Wildman–Crippen MR) is 63.6 cm³/mol. The maximum atomic E-state index is 11.7. The fourth-order valence-electron chi connectivity index (χ4n) is 1.90. The molecule has 92 valence electrons. The Balaban J connectivity index is 1.78. The Kier molecular flexibility index (Phi) is 3.98. The van der Waals surface area contributed by atoms with E-state index < -0.39 is 0 Å². The second-order valence-electron chi connectivity index (χ2n) is 4.13. The number of benzene rings is 1. The van der Waals surface area contributed by atoms with Gasteiger partial charge in [-0.15, -0.1) is 0 Å². The molecule has 0 unspecified atom stereocenters. The molecule has 1 aliphatic rings. The number of carbonyl (C=O) groups excluding carboxylic acids is 1. The molecule has 0 aromatic heterocycles. The van der Waals surface area contributed by atoms with E-state index >= 15 is 0 Å². The van der Waals surface area contributed by atoms with Crippen molar-refractivity contribution in [1.82, 2.24) is 4.90 Å². The van der Waals surface area contributed by atoms with Gasteiger partial charge in [0.1, 0.15) is 6.61 Å². The van der Waals surface area contributed by atoms with E-state index in [1.807, 2.05) is 30.3 Å². The highest BCUT2D eigenvalue weighted by molar-refractivity contribution is 5.68. The normalized spacial score (nSPS) is 19.4. The van der Waals surface area contributed by atoms with Gasteiger partial charge in [0.25, 0.3) is 0 Å². The third-order valence-electron chi connectivity index (χ3n) is 2.94. The third-order valence-corrected chi connectivity index (χ3v) is 2.94. The fourth-order valence-corrected chi connectivity index (χ4v) is 1.90. The van der Waals surface area contributed by atoms with Crippen LogP contribution in [0.3, 0.4) is 0 Å². The lowest BCUT2D eigenvalue weighted by Gasteiger charge is -2.15. The summed E-state index contributed by atoms with van der Waals surface area (Å²) < 4.78 is 10.4. The van der Waals surface area contributed by atoms with E-state index in [2.05, 4.69) is 0 Å². The molecule has 1 fully saturated rings. The largest absolute Gasteiger partial charge is 0.445 e. The van der Waals surface area contributed by atoms with E-state index in [9.17, 15) is 4.79 Å². The van der Waals surface area contributed by atoms with Crippen LogP contribution in [0.15, 0.2) is 30.3 Å². The van der Waals surface area contributed by atoms with Crippen LogP contribution in [0.25, 0.3) is 0 Å². The summed E-state index contributed by atoms with van der Waals surface area (Å²) in [6.07, 6.45) is 0.782. The molecular weight excluding hydrogens is 218 g/mol. The lowest BCUT2D eigenvalue weighted by Crippen LogP contribution is -2.30. The van der Waals surface area contributed by atoms with Crippen LogP contribution >= 0.6 is 0 Å². The first kappa shape index (κ1) is 11.9. The molecule has 2 rings (SSSR count). The Morgan fingerprint density at radius 1 is 1.41 bits per heavy atom. The number of hydrogen-bond donors (Lipinski definition) is 0. The van der Waals surface area contributed by atoms with E-state index in [4.69, 9.17) is 9.47 Å². The quantitative estimate of drug-likeness (QED) is 0.804. The lowest BCUT2D eigenvalue weighted by molar-refractivity contribution is 0.0848. The molecule has 17 heavy (non-hydrogen) atoms. The summed E-state index contributed by atoms with van der Waals surface area (Å²) in [5.74, 6) is 0. The first-order valence-corrected chi connectivity index (χ1v) is 5.78. The number of hydrogen-bond acceptors (Lipinski definition) is 3. The predicted octanol–water partition coefficient (Wildman–Crippen LogP) is 2.04. The van der Waals surface area contributed by atoms with Crippen molar-refractivity contribution in [2.45, 2.75) is 19.1 Å². The molecule has 1 aliphatic heterocycles. The van der Waals surface area contributed by atoms with Crippen molar-refractivity contribution in [2.24, 2.45) is 0 Å². The van der Waals surface area contributed by atoms with Crippen LogP contribution in [0.1, 0.15) is 12.0 Å². The molecule has 0 radical (unpaired) electrons. The third kappa shape index (κ3) is 3.20. The van der Waals surface area contributed by atoms with Crippen molar-refractivity contribution in [2.75, 3.05) is 20.2 Å². The van der Waals surface area contributed by atoms with Crippen LogP contribution in [-0.4, -0.2) is 37.3 Å². The van der Waals surface area contributed by atoms with E-state index in [1.54, 1.807) is 12.0 Å². The summed E-state index contributed by atoms with van der Waals surface area (Å²) in [5, 5.41) is 0. The highest BCUT2D eigenvalue weighted by Gasteiger charge is 2.26. The van der Waals surface area contributed by atoms with E-state index in [1.165, 1.54) is 0 Å². The zero-order valence-corrected chi connectivity index (χ0v) is 9.96. The van der Waals surface area contributed by atoms with Gasteiger partial charge in [-0.25, -0.2) is 4.79 Å². The molecule has 0 aliphatic carbocycles. The highest BCUT2D eigenvalue weighted by Crippen LogP contribution is 2.13. The summed E-state index contributed by atoms with van der Waals surface area (Å²) in [5.41, 5.74) is 1.00. The topological polar surface area (TPSA) is 38.8 Å². The molecule has 1 amide bonds. The first-order valence-electron chi connectivity index (χ1n) is 5.78. The average Bonchev–Trinajstić information content (AvgIpc) is 2.86. The summed E-state index contributed by atoms with van der Waals surface area (Å²) in [7, 11) is 1.67. The average molecular weight is 235 g/mol. The Labute approximate surface area is 101 Å². The molecular formula is C13H17NO3. The van der Waals surface area contributed by atoms with E-state index in [0.29, 0.717) is 19.7 Å². The molecule has 1 heterocycles. The van der Waals surface area contributed by atoms with Gasteiger partial charge in [-0.05, 0) is 12.0 Å². The molecule has 0 spiro atoms.